The van der Waals surface area contributed by atoms with E-state index in [1.54, 1.807) is 0 Å². The Morgan fingerprint density at radius 3 is 2.73 bits per heavy atom. The van der Waals surface area contributed by atoms with E-state index in [1.165, 1.54) is 5.57 Å². The van der Waals surface area contributed by atoms with Gasteiger partial charge in [0.15, 0.2) is 0 Å². The van der Waals surface area contributed by atoms with Crippen LogP contribution in [0.5, 0.6) is 0 Å². The lowest BCUT2D eigenvalue weighted by atomic mass is 9.75. The van der Waals surface area contributed by atoms with Gasteiger partial charge in [-0.05, 0) is 31.3 Å². The van der Waals surface area contributed by atoms with E-state index in [0.717, 1.165) is 12.8 Å². The second-order valence-corrected chi connectivity index (χ2v) is 4.73. The minimum atomic E-state index is -0.0360. The first-order valence-electron chi connectivity index (χ1n) is 5.66. The van der Waals surface area contributed by atoms with E-state index in [1.807, 2.05) is 13.0 Å². The van der Waals surface area contributed by atoms with Crippen molar-refractivity contribution in [3.63, 3.8) is 0 Å². The molecule has 0 radical (unpaired) electrons. The van der Waals surface area contributed by atoms with Gasteiger partial charge >= 0.3 is 5.97 Å². The molecule has 0 aromatic heterocycles. The Labute approximate surface area is 91.0 Å². The lowest BCUT2D eigenvalue weighted by Gasteiger charge is -2.40. The molecule has 2 rings (SSSR count). The molecule has 4 atom stereocenters. The Morgan fingerprint density at radius 2 is 2.27 bits per heavy atom. The van der Waals surface area contributed by atoms with Crippen LogP contribution in [-0.2, 0) is 9.53 Å². The highest BCUT2D eigenvalue weighted by Crippen LogP contribution is 2.38. The van der Waals surface area contributed by atoms with E-state index in [2.05, 4.69) is 19.6 Å². The van der Waals surface area contributed by atoms with Crippen LogP contribution in [0.25, 0.3) is 0 Å². The van der Waals surface area contributed by atoms with E-state index in [9.17, 15) is 4.79 Å². The van der Waals surface area contributed by atoms with Gasteiger partial charge in [-0.3, -0.25) is 4.79 Å². The first-order chi connectivity index (χ1) is 7.13. The number of hydrogen-bond acceptors (Lipinski definition) is 2. The fraction of sp³-hybridized carbons (Fsp3) is 0.615. The SMILES string of the molecule is C=CC1=CC[C@@H]([C@H]2OC(=O)[C@H]2C)C[C@@H]1C. The average molecular weight is 206 g/mol. The monoisotopic (exact) mass is 206 g/mol. The lowest BCUT2D eigenvalue weighted by Crippen LogP contribution is -2.48. The van der Waals surface area contributed by atoms with Gasteiger partial charge in [-0.15, -0.1) is 0 Å². The van der Waals surface area contributed by atoms with Gasteiger partial charge in [0.05, 0.1) is 5.92 Å². The van der Waals surface area contributed by atoms with Gasteiger partial charge in [0.25, 0.3) is 0 Å². The van der Waals surface area contributed by atoms with Crippen molar-refractivity contribution in [1.29, 1.82) is 0 Å². The number of carbonyl (C=O) groups excluding carboxylic acids is 1. The Morgan fingerprint density at radius 1 is 1.53 bits per heavy atom. The highest BCUT2D eigenvalue weighted by atomic mass is 16.6. The number of rotatable bonds is 2. The van der Waals surface area contributed by atoms with Gasteiger partial charge in [0, 0.05) is 5.92 Å². The smallest absolute Gasteiger partial charge is 0.312 e. The quantitative estimate of drug-likeness (QED) is 0.649. The predicted molar refractivity (Wildman–Crippen MR) is 59.2 cm³/mol. The lowest BCUT2D eigenvalue weighted by molar-refractivity contribution is -0.190. The van der Waals surface area contributed by atoms with Gasteiger partial charge in [-0.1, -0.05) is 25.7 Å². The van der Waals surface area contributed by atoms with Crippen LogP contribution in [-0.4, -0.2) is 12.1 Å². The van der Waals surface area contributed by atoms with Crippen LogP contribution in [0, 0.1) is 17.8 Å². The van der Waals surface area contributed by atoms with Crippen LogP contribution < -0.4 is 0 Å². The van der Waals surface area contributed by atoms with Crippen LogP contribution >= 0.6 is 0 Å². The zero-order valence-corrected chi connectivity index (χ0v) is 9.40. The fourth-order valence-electron chi connectivity index (χ4n) is 2.64. The third-order valence-electron chi connectivity index (χ3n) is 3.70. The Bertz CT molecular complexity index is 316. The summed E-state index contributed by atoms with van der Waals surface area (Å²) in [4.78, 5) is 11.0. The number of hydrogen-bond donors (Lipinski definition) is 0. The van der Waals surface area contributed by atoms with Crippen LogP contribution in [0.3, 0.4) is 0 Å². The third-order valence-corrected chi connectivity index (χ3v) is 3.70. The zero-order chi connectivity index (χ0) is 11.0. The zero-order valence-electron chi connectivity index (χ0n) is 9.40. The van der Waals surface area contributed by atoms with E-state index in [-0.39, 0.29) is 18.0 Å². The molecule has 2 nitrogen and oxygen atoms in total. The first kappa shape index (κ1) is 10.5. The number of ether oxygens (including phenoxy) is 1. The molecular weight excluding hydrogens is 188 g/mol. The van der Waals surface area contributed by atoms with Crippen LogP contribution in [0.1, 0.15) is 26.7 Å². The molecule has 0 aromatic rings. The van der Waals surface area contributed by atoms with E-state index in [4.69, 9.17) is 4.74 Å². The summed E-state index contributed by atoms with van der Waals surface area (Å²) in [6.45, 7) is 7.99. The Kier molecular flexibility index (Phi) is 2.68. The van der Waals surface area contributed by atoms with Crippen molar-refractivity contribution in [3.05, 3.63) is 24.3 Å². The van der Waals surface area contributed by atoms with Gasteiger partial charge in [0.2, 0.25) is 0 Å². The molecule has 1 heterocycles. The van der Waals surface area contributed by atoms with E-state index < -0.39 is 0 Å². The standard InChI is InChI=1S/C13H18O2/c1-4-10-5-6-11(7-8(10)2)12-9(3)13(14)15-12/h4-5,8-9,11-12H,1,6-7H2,2-3H3/t8-,9-,11+,12-/m0/s1. The van der Waals surface area contributed by atoms with Crippen molar-refractivity contribution in [3.8, 4) is 0 Å². The van der Waals surface area contributed by atoms with Gasteiger partial charge < -0.3 is 4.74 Å². The molecule has 2 heteroatoms. The number of cyclic esters (lactones) is 1. The third kappa shape index (κ3) is 1.73. The van der Waals surface area contributed by atoms with E-state index >= 15 is 0 Å². The largest absolute Gasteiger partial charge is 0.461 e. The van der Waals surface area contributed by atoms with Crippen molar-refractivity contribution in [1.82, 2.24) is 0 Å². The number of allylic oxidation sites excluding steroid dienone is 3. The second-order valence-electron chi connectivity index (χ2n) is 4.73. The molecule has 2 aliphatic rings. The Hall–Kier alpha value is -1.05. The first-order valence-corrected chi connectivity index (χ1v) is 5.66. The van der Waals surface area contributed by atoms with Gasteiger partial charge in [-0.25, -0.2) is 0 Å². The summed E-state index contributed by atoms with van der Waals surface area (Å²) >= 11 is 0. The molecule has 0 amide bonds. The van der Waals surface area contributed by atoms with E-state index in [0.29, 0.717) is 11.8 Å². The maximum Gasteiger partial charge on any atom is 0.312 e. The minimum absolute atomic E-state index is 0.0360. The van der Waals surface area contributed by atoms with Crippen molar-refractivity contribution >= 4 is 5.97 Å². The fourth-order valence-corrected chi connectivity index (χ4v) is 2.64. The van der Waals surface area contributed by atoms with Crippen LogP contribution in [0.15, 0.2) is 24.3 Å². The maximum absolute atomic E-state index is 11.0. The molecule has 82 valence electrons. The molecule has 1 fully saturated rings. The predicted octanol–water partition coefficient (Wildman–Crippen LogP) is 2.71. The molecule has 1 aliphatic carbocycles. The highest BCUT2D eigenvalue weighted by Gasteiger charge is 2.44. The second kappa shape index (κ2) is 3.84. The van der Waals surface area contributed by atoms with Crippen molar-refractivity contribution in [2.45, 2.75) is 32.8 Å². The normalized spacial score (nSPS) is 40.1. The summed E-state index contributed by atoms with van der Waals surface area (Å²) in [6, 6.07) is 0. The van der Waals surface area contributed by atoms with Crippen molar-refractivity contribution in [2.75, 3.05) is 0 Å². The molecule has 0 saturated carbocycles. The van der Waals surface area contributed by atoms with Crippen LogP contribution in [0.2, 0.25) is 0 Å². The van der Waals surface area contributed by atoms with Gasteiger partial charge in [-0.2, -0.15) is 0 Å². The summed E-state index contributed by atoms with van der Waals surface area (Å²) in [5.74, 6) is 1.12. The molecule has 0 bridgehead atoms. The molecule has 0 aromatic carbocycles. The number of esters is 1. The summed E-state index contributed by atoms with van der Waals surface area (Å²) in [5, 5.41) is 0. The molecule has 1 aliphatic heterocycles. The summed E-state index contributed by atoms with van der Waals surface area (Å²) in [6.07, 6.45) is 6.47. The molecular formula is C13H18O2. The summed E-state index contributed by atoms with van der Waals surface area (Å²) in [7, 11) is 0. The average Bonchev–Trinajstić information content (AvgIpc) is 2.25. The highest BCUT2D eigenvalue weighted by molar-refractivity contribution is 5.78. The summed E-state index contributed by atoms with van der Waals surface area (Å²) < 4.78 is 5.21. The molecule has 0 unspecified atom stereocenters. The van der Waals surface area contributed by atoms with Crippen LogP contribution in [0.4, 0.5) is 0 Å². The Balaban J connectivity index is 2.01. The molecule has 0 N–H and O–H groups in total. The maximum atomic E-state index is 11.0. The van der Waals surface area contributed by atoms with Crippen molar-refractivity contribution < 1.29 is 9.53 Å². The molecule has 15 heavy (non-hydrogen) atoms. The molecule has 0 spiro atoms. The minimum Gasteiger partial charge on any atom is -0.461 e. The topological polar surface area (TPSA) is 26.3 Å². The van der Waals surface area contributed by atoms with Gasteiger partial charge in [0.1, 0.15) is 6.10 Å². The molecule has 1 saturated heterocycles. The summed E-state index contributed by atoms with van der Waals surface area (Å²) in [5.41, 5.74) is 1.34. The van der Waals surface area contributed by atoms with Crippen molar-refractivity contribution in [2.24, 2.45) is 17.8 Å². The number of carbonyl (C=O) groups is 1.